The summed E-state index contributed by atoms with van der Waals surface area (Å²) in [6.07, 6.45) is 8.37. The number of hydrogen-bond donors (Lipinski definition) is 0. The predicted molar refractivity (Wildman–Crippen MR) is 110 cm³/mol. The van der Waals surface area contributed by atoms with Crippen molar-refractivity contribution in [2.24, 2.45) is 23.2 Å². The fourth-order valence-corrected chi connectivity index (χ4v) is 6.82. The van der Waals surface area contributed by atoms with Gasteiger partial charge in [0, 0.05) is 6.42 Å². The minimum absolute atomic E-state index is 0.120. The van der Waals surface area contributed by atoms with Crippen LogP contribution in [0.25, 0.3) is 0 Å². The molecule has 0 aliphatic heterocycles. The van der Waals surface area contributed by atoms with E-state index in [0.717, 1.165) is 36.3 Å². The molecule has 2 fully saturated rings. The van der Waals surface area contributed by atoms with Crippen molar-refractivity contribution in [1.29, 1.82) is 0 Å². The number of hydrogen-bond acceptors (Lipinski definition) is 4. The molecule has 0 radical (unpaired) electrons. The van der Waals surface area contributed by atoms with Gasteiger partial charge in [-0.15, -0.1) is 0 Å². The summed E-state index contributed by atoms with van der Waals surface area (Å²) in [7, 11) is -5.18. The third kappa shape index (κ3) is 3.97. The maximum Gasteiger partial charge on any atom is 0.488 e. The van der Waals surface area contributed by atoms with Crippen LogP contribution in [0, 0.1) is 23.2 Å². The highest BCUT2D eigenvalue weighted by Crippen LogP contribution is 2.61. The Bertz CT molecular complexity index is 923. The number of ketones is 1. The molecule has 0 aromatic heterocycles. The lowest BCUT2D eigenvalue weighted by molar-refractivity contribution is 0.0597. The molecule has 6 heteroatoms. The van der Waals surface area contributed by atoms with E-state index in [4.69, 9.17) is 0 Å². The summed E-state index contributed by atoms with van der Waals surface area (Å²) >= 11 is 0. The van der Waals surface area contributed by atoms with Crippen molar-refractivity contribution in [3.8, 4) is 5.75 Å². The number of carbonyl (C=O) groups is 1. The smallest absolute Gasteiger partial charge is 0.358 e. The van der Waals surface area contributed by atoms with Crippen LogP contribution in [0.1, 0.15) is 93.1 Å². The Morgan fingerprint density at radius 2 is 2.00 bits per heavy atom. The number of rotatable bonds is 5. The number of fused-ring (bicyclic) bond motifs is 5. The lowest BCUT2D eigenvalue weighted by Gasteiger charge is -2.49. The highest BCUT2D eigenvalue weighted by Gasteiger charge is 2.50. The first-order valence-corrected chi connectivity index (χ1v) is 12.2. The van der Waals surface area contributed by atoms with Crippen molar-refractivity contribution in [3.63, 3.8) is 0 Å². The van der Waals surface area contributed by atoms with Gasteiger partial charge in [0.05, 0.1) is 5.56 Å². The van der Waals surface area contributed by atoms with Crippen LogP contribution >= 0.6 is 0 Å². The van der Waals surface area contributed by atoms with E-state index < -0.39 is 10.5 Å². The molecule has 4 atom stereocenters. The summed E-state index contributed by atoms with van der Waals surface area (Å²) < 4.78 is 40.2. The van der Waals surface area contributed by atoms with Crippen molar-refractivity contribution in [2.45, 2.75) is 78.1 Å². The second kappa shape index (κ2) is 7.36. The molecule has 0 spiro atoms. The van der Waals surface area contributed by atoms with Crippen LogP contribution in [0.2, 0.25) is 0 Å². The molecule has 1 aromatic carbocycles. The SMILES string of the molecule is CC(C)CC(=O)c1cc2c(cc1OS(=O)(=O)F)CC[C@@H]1[C@@H]2CC[C@]2(C)CCC[C@@H]12. The van der Waals surface area contributed by atoms with Crippen LogP contribution in [0.15, 0.2) is 12.1 Å². The van der Waals surface area contributed by atoms with Gasteiger partial charge in [-0.05, 0) is 90.9 Å². The van der Waals surface area contributed by atoms with Crippen molar-refractivity contribution in [3.05, 3.63) is 28.8 Å². The predicted octanol–water partition coefficient (Wildman–Crippen LogP) is 5.75. The Morgan fingerprint density at radius 3 is 2.69 bits per heavy atom. The molecule has 3 aliphatic rings. The minimum atomic E-state index is -5.18. The molecule has 160 valence electrons. The topological polar surface area (TPSA) is 60.4 Å². The van der Waals surface area contributed by atoms with Crippen LogP contribution in [-0.2, 0) is 16.9 Å². The third-order valence-corrected chi connectivity index (χ3v) is 8.07. The first-order chi connectivity index (χ1) is 13.6. The monoisotopic (exact) mass is 422 g/mol. The molecule has 29 heavy (non-hydrogen) atoms. The van der Waals surface area contributed by atoms with Crippen LogP contribution in [0.4, 0.5) is 3.89 Å². The Kier molecular flexibility index (Phi) is 5.29. The second-order valence-corrected chi connectivity index (χ2v) is 11.0. The summed E-state index contributed by atoms with van der Waals surface area (Å²) in [5, 5.41) is 0. The quantitative estimate of drug-likeness (QED) is 0.447. The van der Waals surface area contributed by atoms with Crippen molar-refractivity contribution in [1.82, 2.24) is 0 Å². The van der Waals surface area contributed by atoms with Gasteiger partial charge in [0.25, 0.3) is 0 Å². The van der Waals surface area contributed by atoms with E-state index in [1.165, 1.54) is 25.7 Å². The molecule has 1 aromatic rings. The van der Waals surface area contributed by atoms with Crippen LogP contribution in [-0.4, -0.2) is 14.2 Å². The van der Waals surface area contributed by atoms with E-state index >= 15 is 0 Å². The normalized spacial score (nSPS) is 31.1. The zero-order chi connectivity index (χ0) is 21.0. The molecule has 2 saturated carbocycles. The first-order valence-electron chi connectivity index (χ1n) is 10.9. The van der Waals surface area contributed by atoms with Crippen LogP contribution in [0.3, 0.4) is 0 Å². The van der Waals surface area contributed by atoms with E-state index in [1.54, 1.807) is 6.07 Å². The summed E-state index contributed by atoms with van der Waals surface area (Å²) in [4.78, 5) is 12.8. The van der Waals surface area contributed by atoms with E-state index in [9.17, 15) is 17.1 Å². The number of Topliss-reactive ketones (excluding diaryl/α,β-unsaturated/α-hetero) is 1. The molecular weight excluding hydrogens is 391 g/mol. The van der Waals surface area contributed by atoms with Crippen LogP contribution in [0.5, 0.6) is 5.75 Å². The van der Waals surface area contributed by atoms with Gasteiger partial charge in [0.15, 0.2) is 11.5 Å². The van der Waals surface area contributed by atoms with Crippen LogP contribution < -0.4 is 4.18 Å². The van der Waals surface area contributed by atoms with E-state index in [1.807, 2.05) is 19.9 Å². The minimum Gasteiger partial charge on any atom is -0.358 e. The second-order valence-electron chi connectivity index (χ2n) is 10.0. The van der Waals surface area contributed by atoms with Gasteiger partial charge in [0.2, 0.25) is 0 Å². The largest absolute Gasteiger partial charge is 0.488 e. The summed E-state index contributed by atoms with van der Waals surface area (Å²) in [6, 6.07) is 3.44. The Morgan fingerprint density at radius 1 is 1.24 bits per heavy atom. The number of halogens is 1. The lowest BCUT2D eigenvalue weighted by atomic mass is 9.56. The lowest BCUT2D eigenvalue weighted by Crippen LogP contribution is -2.39. The zero-order valence-corrected chi connectivity index (χ0v) is 18.4. The highest BCUT2D eigenvalue weighted by atomic mass is 32.3. The maximum atomic E-state index is 13.3. The molecule has 0 unspecified atom stereocenters. The van der Waals surface area contributed by atoms with E-state index in [-0.39, 0.29) is 29.4 Å². The van der Waals surface area contributed by atoms with Gasteiger partial charge in [-0.1, -0.05) is 31.1 Å². The van der Waals surface area contributed by atoms with E-state index in [0.29, 0.717) is 17.3 Å². The van der Waals surface area contributed by atoms with Crippen molar-refractivity contribution in [2.75, 3.05) is 0 Å². The highest BCUT2D eigenvalue weighted by molar-refractivity contribution is 7.81. The molecule has 0 saturated heterocycles. The molecule has 0 N–H and O–H groups in total. The molecule has 0 heterocycles. The zero-order valence-electron chi connectivity index (χ0n) is 17.5. The Hall–Kier alpha value is -1.43. The molecule has 0 amide bonds. The van der Waals surface area contributed by atoms with Gasteiger partial charge in [-0.25, -0.2) is 0 Å². The first kappa shape index (κ1) is 20.8. The van der Waals surface area contributed by atoms with Crippen molar-refractivity contribution >= 4 is 16.3 Å². The molecule has 4 nitrogen and oxygen atoms in total. The Balaban J connectivity index is 1.75. The summed E-state index contributed by atoms with van der Waals surface area (Å²) in [5.74, 6) is 1.52. The van der Waals surface area contributed by atoms with Gasteiger partial charge < -0.3 is 4.18 Å². The van der Waals surface area contributed by atoms with Gasteiger partial charge in [-0.2, -0.15) is 8.42 Å². The average molecular weight is 423 g/mol. The molecule has 0 bridgehead atoms. The van der Waals surface area contributed by atoms with Gasteiger partial charge >= 0.3 is 10.5 Å². The summed E-state index contributed by atoms with van der Waals surface area (Å²) in [6.45, 7) is 6.30. The number of carbonyl (C=O) groups excluding carboxylic acids is 1. The third-order valence-electron chi connectivity index (χ3n) is 7.69. The van der Waals surface area contributed by atoms with Gasteiger partial charge in [-0.3, -0.25) is 4.79 Å². The molecular formula is C23H31FO4S. The standard InChI is InChI=1S/C23H31FO4S/c1-14(2)11-21(25)19-13-18-15(12-22(19)28-29(24,26)27)6-7-17-16(18)8-10-23(3)9-4-5-20(17)23/h12-14,16-17,20H,4-11H2,1-3H3/t16-,17+,20-,23-/m0/s1. The Labute approximate surface area is 173 Å². The fraction of sp³-hybridized carbons (Fsp3) is 0.696. The molecule has 4 rings (SSSR count). The van der Waals surface area contributed by atoms with E-state index in [2.05, 4.69) is 11.1 Å². The molecule has 3 aliphatic carbocycles. The fourth-order valence-electron chi connectivity index (χ4n) is 6.47. The van der Waals surface area contributed by atoms with Gasteiger partial charge in [0.1, 0.15) is 0 Å². The number of aryl methyl sites for hydroxylation is 1. The number of benzene rings is 1. The average Bonchev–Trinajstić information content (AvgIpc) is 3.00. The maximum absolute atomic E-state index is 13.3. The summed E-state index contributed by atoms with van der Waals surface area (Å²) in [5.41, 5.74) is 2.82. The van der Waals surface area contributed by atoms with Crippen molar-refractivity contribution < 1.29 is 21.3 Å².